The average Bonchev–Trinajstić information content (AvgIpc) is 3.22. The van der Waals surface area contributed by atoms with Gasteiger partial charge in [0, 0.05) is 6.54 Å². The molecule has 1 atom stereocenters. The highest BCUT2D eigenvalue weighted by Crippen LogP contribution is 2.24. The Kier molecular flexibility index (Phi) is 4.20. The van der Waals surface area contributed by atoms with Crippen LogP contribution in [0.25, 0.3) is 0 Å². The number of nitrogens with one attached hydrogen (secondary N) is 2. The van der Waals surface area contributed by atoms with Crippen molar-refractivity contribution in [1.82, 2.24) is 30.8 Å². The maximum atomic E-state index is 11.9. The lowest BCUT2D eigenvalue weighted by atomic mass is 10.1. The van der Waals surface area contributed by atoms with Crippen molar-refractivity contribution in [1.29, 1.82) is 0 Å². The highest BCUT2D eigenvalue weighted by atomic mass is 16.2. The molecular weight excluding hydrogens is 268 g/mol. The number of carbonyl (C=O) groups is 1. The maximum Gasteiger partial charge on any atom is 0.292 e. The minimum Gasteiger partial charge on any atom is -0.347 e. The molecule has 1 aliphatic rings. The zero-order chi connectivity index (χ0) is 14.5. The number of aromatic nitrogens is 4. The van der Waals surface area contributed by atoms with E-state index in [4.69, 9.17) is 0 Å². The van der Waals surface area contributed by atoms with Crippen molar-refractivity contribution in [2.75, 3.05) is 19.6 Å². The molecule has 0 bridgehead atoms. The standard InChI is InChI=1S/C14H18N6O/c21-14(13-16-18-19-17-13)15-10-12(20-8-4-5-9-20)11-6-2-1-3-7-11/h1-3,6-7,12H,4-5,8-10H2,(H,15,21)(H,16,17,18,19). The molecule has 1 aromatic carbocycles. The summed E-state index contributed by atoms with van der Waals surface area (Å²) in [6, 6.07) is 10.4. The second-order valence-corrected chi connectivity index (χ2v) is 5.11. The van der Waals surface area contributed by atoms with Gasteiger partial charge in [-0.1, -0.05) is 30.3 Å². The molecule has 3 rings (SSSR count). The Hall–Kier alpha value is -2.28. The van der Waals surface area contributed by atoms with Gasteiger partial charge in [0.15, 0.2) is 0 Å². The largest absolute Gasteiger partial charge is 0.347 e. The third-order valence-corrected chi connectivity index (χ3v) is 3.77. The molecule has 1 fully saturated rings. The normalized spacial score (nSPS) is 16.8. The zero-order valence-electron chi connectivity index (χ0n) is 11.7. The minimum absolute atomic E-state index is 0.0724. The summed E-state index contributed by atoms with van der Waals surface area (Å²) in [6.07, 6.45) is 2.42. The number of aromatic amines is 1. The number of hydrogen-bond acceptors (Lipinski definition) is 5. The van der Waals surface area contributed by atoms with Gasteiger partial charge in [0.2, 0.25) is 0 Å². The van der Waals surface area contributed by atoms with Gasteiger partial charge in [-0.3, -0.25) is 9.69 Å². The third kappa shape index (κ3) is 3.25. The van der Waals surface area contributed by atoms with Crippen LogP contribution in [0.3, 0.4) is 0 Å². The first-order chi connectivity index (χ1) is 10.3. The summed E-state index contributed by atoms with van der Waals surface area (Å²) in [4.78, 5) is 14.4. The Morgan fingerprint density at radius 2 is 2.05 bits per heavy atom. The van der Waals surface area contributed by atoms with Crippen LogP contribution in [0.2, 0.25) is 0 Å². The Labute approximate surface area is 122 Å². The highest BCUT2D eigenvalue weighted by molar-refractivity contribution is 5.90. The highest BCUT2D eigenvalue weighted by Gasteiger charge is 2.24. The van der Waals surface area contributed by atoms with E-state index in [0.29, 0.717) is 6.54 Å². The topological polar surface area (TPSA) is 86.8 Å². The minimum atomic E-state index is -0.302. The lowest BCUT2D eigenvalue weighted by molar-refractivity contribution is 0.0927. The predicted octanol–water partition coefficient (Wildman–Crippen LogP) is 0.767. The molecule has 1 saturated heterocycles. The summed E-state index contributed by atoms with van der Waals surface area (Å²) in [6.45, 7) is 2.67. The fraction of sp³-hybridized carbons (Fsp3) is 0.429. The van der Waals surface area contributed by atoms with Crippen LogP contribution in [0, 0.1) is 0 Å². The van der Waals surface area contributed by atoms with E-state index in [1.165, 1.54) is 18.4 Å². The summed E-state index contributed by atoms with van der Waals surface area (Å²) in [5, 5.41) is 16.0. The average molecular weight is 286 g/mol. The number of H-pyrrole nitrogens is 1. The molecule has 2 N–H and O–H groups in total. The zero-order valence-corrected chi connectivity index (χ0v) is 11.7. The molecule has 7 heteroatoms. The quantitative estimate of drug-likeness (QED) is 0.847. The van der Waals surface area contributed by atoms with E-state index in [2.05, 4.69) is 43.0 Å². The van der Waals surface area contributed by atoms with E-state index in [0.717, 1.165) is 13.1 Å². The van der Waals surface area contributed by atoms with Crippen LogP contribution in [0.4, 0.5) is 0 Å². The summed E-state index contributed by atoms with van der Waals surface area (Å²) >= 11 is 0. The van der Waals surface area contributed by atoms with Crippen LogP contribution in [-0.2, 0) is 0 Å². The number of hydrogen-bond donors (Lipinski definition) is 2. The molecule has 1 unspecified atom stereocenters. The molecule has 1 aliphatic heterocycles. The lowest BCUT2D eigenvalue weighted by Crippen LogP contribution is -2.37. The fourth-order valence-electron chi connectivity index (χ4n) is 2.71. The van der Waals surface area contributed by atoms with E-state index < -0.39 is 0 Å². The van der Waals surface area contributed by atoms with Crippen LogP contribution in [0.15, 0.2) is 30.3 Å². The van der Waals surface area contributed by atoms with Crippen molar-refractivity contribution in [3.63, 3.8) is 0 Å². The van der Waals surface area contributed by atoms with Gasteiger partial charge in [0.05, 0.1) is 6.04 Å². The molecule has 1 amide bonds. The van der Waals surface area contributed by atoms with Gasteiger partial charge in [-0.05, 0) is 36.7 Å². The van der Waals surface area contributed by atoms with E-state index >= 15 is 0 Å². The number of rotatable bonds is 5. The number of benzene rings is 1. The summed E-state index contributed by atoms with van der Waals surface area (Å²) in [5.41, 5.74) is 1.22. The summed E-state index contributed by atoms with van der Waals surface area (Å²) < 4.78 is 0. The molecular formula is C14H18N6O. The summed E-state index contributed by atoms with van der Waals surface area (Å²) in [5.74, 6) is -0.230. The lowest BCUT2D eigenvalue weighted by Gasteiger charge is -2.28. The van der Waals surface area contributed by atoms with Crippen molar-refractivity contribution in [3.8, 4) is 0 Å². The molecule has 0 saturated carbocycles. The van der Waals surface area contributed by atoms with Gasteiger partial charge in [-0.2, -0.15) is 5.21 Å². The first-order valence-corrected chi connectivity index (χ1v) is 7.15. The van der Waals surface area contributed by atoms with E-state index in [9.17, 15) is 4.79 Å². The molecule has 2 aromatic rings. The molecule has 1 aromatic heterocycles. The van der Waals surface area contributed by atoms with Gasteiger partial charge in [-0.25, -0.2) is 0 Å². The van der Waals surface area contributed by atoms with Crippen LogP contribution in [0.1, 0.15) is 35.1 Å². The Morgan fingerprint density at radius 1 is 1.29 bits per heavy atom. The Morgan fingerprint density at radius 3 is 2.71 bits per heavy atom. The number of likely N-dealkylation sites (tertiary alicyclic amines) is 1. The van der Waals surface area contributed by atoms with Crippen LogP contribution < -0.4 is 5.32 Å². The second-order valence-electron chi connectivity index (χ2n) is 5.11. The van der Waals surface area contributed by atoms with E-state index in [1.54, 1.807) is 0 Å². The number of amides is 1. The molecule has 7 nitrogen and oxygen atoms in total. The maximum absolute atomic E-state index is 11.9. The summed E-state index contributed by atoms with van der Waals surface area (Å²) in [7, 11) is 0. The molecule has 0 spiro atoms. The number of nitrogens with zero attached hydrogens (tertiary/aromatic N) is 4. The van der Waals surface area contributed by atoms with Crippen molar-refractivity contribution in [3.05, 3.63) is 41.7 Å². The molecule has 110 valence electrons. The van der Waals surface area contributed by atoms with Crippen molar-refractivity contribution < 1.29 is 4.79 Å². The van der Waals surface area contributed by atoms with Crippen molar-refractivity contribution in [2.45, 2.75) is 18.9 Å². The first-order valence-electron chi connectivity index (χ1n) is 7.15. The first kappa shape index (κ1) is 13.7. The second kappa shape index (κ2) is 6.45. The molecule has 0 radical (unpaired) electrons. The number of carbonyl (C=O) groups excluding carboxylic acids is 1. The molecule has 0 aliphatic carbocycles. The van der Waals surface area contributed by atoms with Gasteiger partial charge >= 0.3 is 0 Å². The monoisotopic (exact) mass is 286 g/mol. The number of tetrazole rings is 1. The van der Waals surface area contributed by atoms with Crippen LogP contribution in [0.5, 0.6) is 0 Å². The van der Waals surface area contributed by atoms with Gasteiger partial charge < -0.3 is 5.32 Å². The van der Waals surface area contributed by atoms with Gasteiger partial charge in [0.25, 0.3) is 11.7 Å². The predicted molar refractivity (Wildman–Crippen MR) is 76.5 cm³/mol. The van der Waals surface area contributed by atoms with Crippen molar-refractivity contribution >= 4 is 5.91 Å². The van der Waals surface area contributed by atoms with Crippen molar-refractivity contribution in [2.24, 2.45) is 0 Å². The smallest absolute Gasteiger partial charge is 0.292 e. The van der Waals surface area contributed by atoms with E-state index in [1.807, 2.05) is 18.2 Å². The Balaban J connectivity index is 1.69. The van der Waals surface area contributed by atoms with Crippen LogP contribution in [-0.4, -0.2) is 51.1 Å². The third-order valence-electron chi connectivity index (χ3n) is 3.77. The van der Waals surface area contributed by atoms with Crippen LogP contribution >= 0.6 is 0 Å². The fourth-order valence-corrected chi connectivity index (χ4v) is 2.71. The molecule has 2 heterocycles. The SMILES string of the molecule is O=C(NCC(c1ccccc1)N1CCCC1)c1nn[nH]n1. The molecule has 21 heavy (non-hydrogen) atoms. The van der Waals surface area contributed by atoms with Gasteiger partial charge in [0.1, 0.15) is 0 Å². The Bertz CT molecular complexity index is 564. The van der Waals surface area contributed by atoms with E-state index in [-0.39, 0.29) is 17.8 Å². The van der Waals surface area contributed by atoms with Gasteiger partial charge in [-0.15, -0.1) is 10.2 Å².